The summed E-state index contributed by atoms with van der Waals surface area (Å²) in [4.78, 5) is 11.2. The fourth-order valence-corrected chi connectivity index (χ4v) is 1.04. The first-order chi connectivity index (χ1) is 5.27. The summed E-state index contributed by atoms with van der Waals surface area (Å²) in [7, 11) is 1.54. The average molecular weight is 152 g/mol. The van der Waals surface area contributed by atoms with E-state index < -0.39 is 5.60 Å². The number of hydrogen-bond acceptors (Lipinski definition) is 3. The molecule has 3 nitrogen and oxygen atoms in total. The number of hydrogen-bond donors (Lipinski definition) is 0. The first-order valence-corrected chi connectivity index (χ1v) is 3.40. The molecule has 1 atom stereocenters. The van der Waals surface area contributed by atoms with Gasteiger partial charge in [-0.1, -0.05) is 0 Å². The Balaban J connectivity index is 2.25. The summed E-state index contributed by atoms with van der Waals surface area (Å²) in [6.07, 6.45) is 4.97. The smallest absolute Gasteiger partial charge is 0.197 e. The van der Waals surface area contributed by atoms with Crippen LogP contribution in [0, 0.1) is 0 Å². The van der Waals surface area contributed by atoms with Gasteiger partial charge in [-0.25, -0.2) is 0 Å². The zero-order valence-electron chi connectivity index (χ0n) is 6.16. The van der Waals surface area contributed by atoms with Gasteiger partial charge in [0, 0.05) is 6.08 Å². The highest BCUT2D eigenvalue weighted by Crippen LogP contribution is 2.33. The largest absolute Gasteiger partial charge is 0.497 e. The second kappa shape index (κ2) is 1.95. The third-order valence-corrected chi connectivity index (χ3v) is 1.90. The summed E-state index contributed by atoms with van der Waals surface area (Å²) in [5.74, 6) is 0.577. The van der Waals surface area contributed by atoms with Crippen molar-refractivity contribution in [2.24, 2.45) is 0 Å². The Morgan fingerprint density at radius 1 is 1.73 bits per heavy atom. The van der Waals surface area contributed by atoms with Crippen LogP contribution in [0.4, 0.5) is 0 Å². The molecule has 1 unspecified atom stereocenters. The second-order valence-corrected chi connectivity index (χ2v) is 2.63. The average Bonchev–Trinajstić information content (AvgIpc) is 2.77. The summed E-state index contributed by atoms with van der Waals surface area (Å²) >= 11 is 0. The van der Waals surface area contributed by atoms with E-state index in [0.29, 0.717) is 12.4 Å². The summed E-state index contributed by atoms with van der Waals surface area (Å²) < 4.78 is 9.89. The molecule has 1 saturated heterocycles. The highest BCUT2D eigenvalue weighted by molar-refractivity contribution is 6.02. The van der Waals surface area contributed by atoms with Gasteiger partial charge in [-0.05, 0) is 12.2 Å². The second-order valence-electron chi connectivity index (χ2n) is 2.63. The van der Waals surface area contributed by atoms with Crippen LogP contribution in [0.3, 0.4) is 0 Å². The molecule has 0 amide bonds. The van der Waals surface area contributed by atoms with Crippen LogP contribution in [0.1, 0.15) is 0 Å². The highest BCUT2D eigenvalue weighted by Gasteiger charge is 2.50. The minimum atomic E-state index is -0.609. The Morgan fingerprint density at radius 2 is 2.45 bits per heavy atom. The molecule has 0 bridgehead atoms. The molecule has 0 saturated carbocycles. The molecule has 1 heterocycles. The molecule has 0 aromatic heterocycles. The predicted molar refractivity (Wildman–Crippen MR) is 37.9 cm³/mol. The van der Waals surface area contributed by atoms with Crippen LogP contribution in [-0.2, 0) is 14.3 Å². The lowest BCUT2D eigenvalue weighted by molar-refractivity contribution is -0.118. The van der Waals surface area contributed by atoms with Crippen molar-refractivity contribution in [3.63, 3.8) is 0 Å². The van der Waals surface area contributed by atoms with Crippen molar-refractivity contribution in [2.75, 3.05) is 13.7 Å². The fraction of sp³-hybridized carbons (Fsp3) is 0.375. The van der Waals surface area contributed by atoms with Gasteiger partial charge in [0.05, 0.1) is 13.7 Å². The Kier molecular flexibility index (Phi) is 1.17. The van der Waals surface area contributed by atoms with Gasteiger partial charge in [0.15, 0.2) is 11.4 Å². The third kappa shape index (κ3) is 0.886. The Bertz CT molecular complexity index is 259. The number of carbonyl (C=O) groups excluding carboxylic acids is 1. The highest BCUT2D eigenvalue weighted by atomic mass is 16.6. The molecule has 2 rings (SSSR count). The zero-order valence-corrected chi connectivity index (χ0v) is 6.16. The summed E-state index contributed by atoms with van der Waals surface area (Å²) in [5.41, 5.74) is -0.609. The van der Waals surface area contributed by atoms with Crippen LogP contribution in [0.2, 0.25) is 0 Å². The molecule has 58 valence electrons. The SMILES string of the molecule is COC1=CC(=O)C2(C=C1)CO2. The van der Waals surface area contributed by atoms with Crippen molar-refractivity contribution in [2.45, 2.75) is 5.60 Å². The predicted octanol–water partition coefficient (Wildman–Crippen LogP) is 0.425. The van der Waals surface area contributed by atoms with Gasteiger partial charge in [0.1, 0.15) is 5.76 Å². The molecule has 1 fully saturated rings. The Morgan fingerprint density at radius 3 is 2.91 bits per heavy atom. The number of carbonyl (C=O) groups is 1. The molecule has 0 aromatic rings. The van der Waals surface area contributed by atoms with Crippen LogP contribution in [0.25, 0.3) is 0 Å². The van der Waals surface area contributed by atoms with E-state index in [1.165, 1.54) is 13.2 Å². The van der Waals surface area contributed by atoms with E-state index in [9.17, 15) is 4.79 Å². The van der Waals surface area contributed by atoms with Gasteiger partial charge in [0.2, 0.25) is 0 Å². The molecule has 11 heavy (non-hydrogen) atoms. The molecule has 1 spiro atoms. The van der Waals surface area contributed by atoms with E-state index in [1.54, 1.807) is 12.2 Å². The van der Waals surface area contributed by atoms with E-state index >= 15 is 0 Å². The standard InChI is InChI=1S/C8H8O3/c1-10-6-2-3-8(5-11-8)7(9)4-6/h2-4H,5H2,1H3. The number of ether oxygens (including phenoxy) is 2. The summed E-state index contributed by atoms with van der Waals surface area (Å²) in [6.45, 7) is 0.510. The van der Waals surface area contributed by atoms with Crippen molar-refractivity contribution in [1.29, 1.82) is 0 Å². The maximum atomic E-state index is 11.2. The first kappa shape index (κ1) is 6.61. The van der Waals surface area contributed by atoms with Crippen molar-refractivity contribution in [1.82, 2.24) is 0 Å². The van der Waals surface area contributed by atoms with E-state index in [4.69, 9.17) is 9.47 Å². The van der Waals surface area contributed by atoms with Crippen LogP contribution < -0.4 is 0 Å². The molecular weight excluding hydrogens is 144 g/mol. The molecule has 0 aromatic carbocycles. The van der Waals surface area contributed by atoms with Crippen LogP contribution in [0.15, 0.2) is 24.0 Å². The number of epoxide rings is 1. The summed E-state index contributed by atoms with van der Waals surface area (Å²) in [5, 5.41) is 0. The van der Waals surface area contributed by atoms with E-state index in [-0.39, 0.29) is 5.78 Å². The molecule has 2 aliphatic rings. The van der Waals surface area contributed by atoms with E-state index in [2.05, 4.69) is 0 Å². The van der Waals surface area contributed by atoms with Crippen LogP contribution in [-0.4, -0.2) is 25.1 Å². The number of ketones is 1. The lowest BCUT2D eigenvalue weighted by Gasteiger charge is -2.08. The van der Waals surface area contributed by atoms with Gasteiger partial charge < -0.3 is 9.47 Å². The van der Waals surface area contributed by atoms with Gasteiger partial charge in [0.25, 0.3) is 0 Å². The molecule has 3 heteroatoms. The van der Waals surface area contributed by atoms with Gasteiger partial charge in [-0.2, -0.15) is 0 Å². The van der Waals surface area contributed by atoms with Crippen LogP contribution in [0.5, 0.6) is 0 Å². The van der Waals surface area contributed by atoms with Crippen molar-refractivity contribution < 1.29 is 14.3 Å². The lowest BCUT2D eigenvalue weighted by Crippen LogP contribution is -2.22. The molecule has 1 aliphatic carbocycles. The monoisotopic (exact) mass is 152 g/mol. The van der Waals surface area contributed by atoms with Crippen molar-refractivity contribution in [3.05, 3.63) is 24.0 Å². The maximum Gasteiger partial charge on any atom is 0.197 e. The van der Waals surface area contributed by atoms with Gasteiger partial charge in [-0.15, -0.1) is 0 Å². The molecule has 0 N–H and O–H groups in total. The lowest BCUT2D eigenvalue weighted by atomic mass is 10.00. The van der Waals surface area contributed by atoms with Crippen LogP contribution >= 0.6 is 0 Å². The number of rotatable bonds is 1. The van der Waals surface area contributed by atoms with Gasteiger partial charge in [-0.3, -0.25) is 4.79 Å². The summed E-state index contributed by atoms with van der Waals surface area (Å²) in [6, 6.07) is 0. The number of allylic oxidation sites excluding steroid dienone is 1. The quantitative estimate of drug-likeness (QED) is 0.511. The van der Waals surface area contributed by atoms with E-state index in [0.717, 1.165) is 0 Å². The van der Waals surface area contributed by atoms with Gasteiger partial charge >= 0.3 is 0 Å². The van der Waals surface area contributed by atoms with Crippen molar-refractivity contribution >= 4 is 5.78 Å². The molecule has 1 aliphatic heterocycles. The molecular formula is C8H8O3. The van der Waals surface area contributed by atoms with E-state index in [1.807, 2.05) is 0 Å². The Labute approximate surface area is 64.3 Å². The normalized spacial score (nSPS) is 33.9. The minimum absolute atomic E-state index is 0.0168. The molecule has 0 radical (unpaired) electrons. The first-order valence-electron chi connectivity index (χ1n) is 3.40. The zero-order chi connectivity index (χ0) is 7.90. The Hall–Kier alpha value is -1.09. The fourth-order valence-electron chi connectivity index (χ4n) is 1.04. The third-order valence-electron chi connectivity index (χ3n) is 1.90. The minimum Gasteiger partial charge on any atom is -0.497 e. The maximum absolute atomic E-state index is 11.2. The number of methoxy groups -OCH3 is 1. The topological polar surface area (TPSA) is 38.8 Å². The van der Waals surface area contributed by atoms with Crippen molar-refractivity contribution in [3.8, 4) is 0 Å².